The fourth-order valence-corrected chi connectivity index (χ4v) is 3.10. The third-order valence-corrected chi connectivity index (χ3v) is 4.53. The van der Waals surface area contributed by atoms with Gasteiger partial charge in [-0.05, 0) is 26.0 Å². The molecule has 23 heavy (non-hydrogen) atoms. The highest BCUT2D eigenvalue weighted by molar-refractivity contribution is 7.89. The summed E-state index contributed by atoms with van der Waals surface area (Å²) in [6, 6.07) is 4.00. The van der Waals surface area contributed by atoms with Gasteiger partial charge in [0.15, 0.2) is 5.03 Å². The predicted octanol–water partition coefficient (Wildman–Crippen LogP) is 1.35. The van der Waals surface area contributed by atoms with Crippen molar-refractivity contribution in [3.63, 3.8) is 0 Å². The predicted molar refractivity (Wildman–Crippen MR) is 82.2 cm³/mol. The maximum Gasteiger partial charge on any atom is 0.305 e. The average Bonchev–Trinajstić information content (AvgIpc) is 2.98. The molecule has 9 heteroatoms. The highest BCUT2D eigenvalue weighted by Crippen LogP contribution is 2.18. The first-order valence-electron chi connectivity index (χ1n) is 6.98. The van der Waals surface area contributed by atoms with Crippen LogP contribution in [0.1, 0.15) is 38.0 Å². The summed E-state index contributed by atoms with van der Waals surface area (Å²) >= 11 is 0. The molecule has 0 aliphatic heterocycles. The van der Waals surface area contributed by atoms with Crippen LogP contribution in [0.4, 0.5) is 0 Å². The van der Waals surface area contributed by atoms with E-state index in [4.69, 9.17) is 5.11 Å². The number of carbonyl (C=O) groups is 1. The van der Waals surface area contributed by atoms with Gasteiger partial charge in [0.1, 0.15) is 0 Å². The van der Waals surface area contributed by atoms with Gasteiger partial charge in [0.2, 0.25) is 0 Å². The molecule has 0 spiro atoms. The minimum Gasteiger partial charge on any atom is -0.481 e. The molecule has 0 fully saturated rings. The van der Waals surface area contributed by atoms with Crippen molar-refractivity contribution in [1.29, 1.82) is 0 Å². The normalized spacial score (nSPS) is 13.2. The van der Waals surface area contributed by atoms with Crippen LogP contribution in [0.3, 0.4) is 0 Å². The van der Waals surface area contributed by atoms with Crippen molar-refractivity contribution in [2.24, 2.45) is 0 Å². The molecule has 0 saturated heterocycles. The van der Waals surface area contributed by atoms with Crippen molar-refractivity contribution < 1.29 is 18.3 Å². The van der Waals surface area contributed by atoms with Gasteiger partial charge in [0.05, 0.1) is 24.5 Å². The Balaban J connectivity index is 2.28. The summed E-state index contributed by atoms with van der Waals surface area (Å²) in [7, 11) is -3.95. The number of pyridine rings is 1. The van der Waals surface area contributed by atoms with Gasteiger partial charge in [-0.3, -0.25) is 9.78 Å². The van der Waals surface area contributed by atoms with E-state index in [2.05, 4.69) is 14.7 Å². The summed E-state index contributed by atoms with van der Waals surface area (Å²) in [6.45, 7) is 3.79. The van der Waals surface area contributed by atoms with Crippen molar-refractivity contribution >= 4 is 16.0 Å². The van der Waals surface area contributed by atoms with Crippen molar-refractivity contribution in [2.45, 2.75) is 37.4 Å². The molecule has 1 unspecified atom stereocenters. The monoisotopic (exact) mass is 338 g/mol. The van der Waals surface area contributed by atoms with Crippen molar-refractivity contribution in [3.05, 3.63) is 42.6 Å². The van der Waals surface area contributed by atoms with E-state index >= 15 is 0 Å². The second kappa shape index (κ2) is 6.88. The van der Waals surface area contributed by atoms with Crippen LogP contribution in [-0.2, 0) is 14.8 Å². The lowest BCUT2D eigenvalue weighted by Gasteiger charge is -2.15. The minimum absolute atomic E-state index is 0.0667. The van der Waals surface area contributed by atoms with E-state index in [1.165, 1.54) is 18.7 Å². The molecule has 2 heterocycles. The number of imidazole rings is 1. The number of carboxylic acid groups (broad SMARTS) is 1. The third kappa shape index (κ3) is 4.36. The van der Waals surface area contributed by atoms with Gasteiger partial charge >= 0.3 is 5.97 Å². The van der Waals surface area contributed by atoms with E-state index in [9.17, 15) is 13.2 Å². The molecule has 2 aromatic heterocycles. The maximum absolute atomic E-state index is 12.4. The lowest BCUT2D eigenvalue weighted by Crippen LogP contribution is -2.31. The molecular formula is C14H18N4O4S. The number of hydrogen-bond acceptors (Lipinski definition) is 5. The van der Waals surface area contributed by atoms with Gasteiger partial charge in [0, 0.05) is 18.4 Å². The molecule has 0 radical (unpaired) electrons. The molecule has 2 N–H and O–H groups in total. The topological polar surface area (TPSA) is 114 Å². The Morgan fingerprint density at radius 3 is 2.61 bits per heavy atom. The number of nitrogens with one attached hydrogen (secondary N) is 1. The summed E-state index contributed by atoms with van der Waals surface area (Å²) in [5.41, 5.74) is 0.335. The lowest BCUT2D eigenvalue weighted by atomic mass is 10.1. The zero-order valence-electron chi connectivity index (χ0n) is 12.7. The van der Waals surface area contributed by atoms with Crippen LogP contribution in [0.25, 0.3) is 0 Å². The Kier molecular flexibility index (Phi) is 5.12. The summed E-state index contributed by atoms with van der Waals surface area (Å²) in [6.07, 6.45) is 3.89. The third-order valence-electron chi connectivity index (χ3n) is 3.17. The fraction of sp³-hybridized carbons (Fsp3) is 0.357. The van der Waals surface area contributed by atoms with Gasteiger partial charge in [-0.1, -0.05) is 6.07 Å². The Hall–Kier alpha value is -2.26. The maximum atomic E-state index is 12.4. The van der Waals surface area contributed by atoms with Gasteiger partial charge < -0.3 is 9.67 Å². The molecule has 0 aliphatic rings. The second-order valence-corrected chi connectivity index (χ2v) is 6.94. The number of carboxylic acids is 1. The minimum atomic E-state index is -3.95. The van der Waals surface area contributed by atoms with E-state index in [1.807, 2.05) is 13.8 Å². The van der Waals surface area contributed by atoms with Gasteiger partial charge in [0.25, 0.3) is 10.0 Å². The van der Waals surface area contributed by atoms with E-state index in [-0.39, 0.29) is 11.1 Å². The number of sulfonamides is 1. The quantitative estimate of drug-likeness (QED) is 0.788. The molecule has 1 atom stereocenters. The van der Waals surface area contributed by atoms with E-state index < -0.39 is 28.5 Å². The van der Waals surface area contributed by atoms with Crippen molar-refractivity contribution in [3.8, 4) is 0 Å². The first-order valence-corrected chi connectivity index (χ1v) is 8.46. The number of hydrogen-bond donors (Lipinski definition) is 2. The molecule has 2 rings (SSSR count). The molecular weight excluding hydrogens is 320 g/mol. The van der Waals surface area contributed by atoms with Crippen LogP contribution >= 0.6 is 0 Å². The highest BCUT2D eigenvalue weighted by atomic mass is 32.2. The number of nitrogens with zero attached hydrogens (tertiary/aromatic N) is 3. The molecule has 0 aromatic carbocycles. The Bertz CT molecular complexity index is 771. The van der Waals surface area contributed by atoms with Crippen LogP contribution in [0.2, 0.25) is 0 Å². The SMILES string of the molecule is CC(C)n1cnc(S(=O)(=O)NC(CC(=O)O)c2ccccn2)c1. The summed E-state index contributed by atoms with van der Waals surface area (Å²) in [5.74, 6) is -1.13. The fourth-order valence-electron chi connectivity index (χ4n) is 1.95. The molecule has 0 amide bonds. The van der Waals surface area contributed by atoms with E-state index in [0.29, 0.717) is 5.69 Å². The Morgan fingerprint density at radius 1 is 1.35 bits per heavy atom. The second-order valence-electron chi connectivity index (χ2n) is 5.28. The first kappa shape index (κ1) is 17.1. The highest BCUT2D eigenvalue weighted by Gasteiger charge is 2.26. The number of rotatable bonds is 7. The molecule has 8 nitrogen and oxygen atoms in total. The molecule has 0 aliphatic carbocycles. The van der Waals surface area contributed by atoms with Crippen LogP contribution in [-0.4, -0.2) is 34.0 Å². The molecule has 0 saturated carbocycles. The van der Waals surface area contributed by atoms with E-state index in [0.717, 1.165) is 0 Å². The Labute approximate surface area is 134 Å². The van der Waals surface area contributed by atoms with Crippen molar-refractivity contribution in [1.82, 2.24) is 19.3 Å². The van der Waals surface area contributed by atoms with Crippen LogP contribution in [0.15, 0.2) is 41.9 Å². The average molecular weight is 338 g/mol. The van der Waals surface area contributed by atoms with Crippen molar-refractivity contribution in [2.75, 3.05) is 0 Å². The zero-order chi connectivity index (χ0) is 17.0. The number of aliphatic carboxylic acids is 1. The summed E-state index contributed by atoms with van der Waals surface area (Å²) in [4.78, 5) is 18.9. The van der Waals surface area contributed by atoms with Crippen LogP contribution in [0.5, 0.6) is 0 Å². The summed E-state index contributed by atoms with van der Waals surface area (Å²) < 4.78 is 28.9. The standard InChI is InChI=1S/C14H18N4O4S/c1-10(2)18-8-13(16-9-18)23(21,22)17-12(7-14(19)20)11-5-3-4-6-15-11/h3-6,8-10,12,17H,7H2,1-2H3,(H,19,20). The molecule has 0 bridgehead atoms. The molecule has 124 valence electrons. The number of aromatic nitrogens is 3. The zero-order valence-corrected chi connectivity index (χ0v) is 13.6. The van der Waals surface area contributed by atoms with Gasteiger partial charge in [-0.25, -0.2) is 18.1 Å². The van der Waals surface area contributed by atoms with Gasteiger partial charge in [-0.2, -0.15) is 0 Å². The van der Waals surface area contributed by atoms with E-state index in [1.54, 1.807) is 22.8 Å². The Morgan fingerprint density at radius 2 is 2.09 bits per heavy atom. The smallest absolute Gasteiger partial charge is 0.305 e. The van der Waals surface area contributed by atoms with Crippen LogP contribution in [0, 0.1) is 0 Å². The first-order chi connectivity index (χ1) is 10.8. The summed E-state index contributed by atoms with van der Waals surface area (Å²) in [5, 5.41) is 8.85. The van der Waals surface area contributed by atoms with Crippen LogP contribution < -0.4 is 4.72 Å². The lowest BCUT2D eigenvalue weighted by molar-refractivity contribution is -0.137. The van der Waals surface area contributed by atoms with Gasteiger partial charge in [-0.15, -0.1) is 0 Å². The largest absolute Gasteiger partial charge is 0.481 e. The molecule has 2 aromatic rings.